The summed E-state index contributed by atoms with van der Waals surface area (Å²) in [4.78, 5) is 21.0. The molecule has 2 atom stereocenters. The van der Waals surface area contributed by atoms with Crippen LogP contribution in [0.1, 0.15) is 19.3 Å². The van der Waals surface area contributed by atoms with Gasteiger partial charge in [0.15, 0.2) is 0 Å². The van der Waals surface area contributed by atoms with E-state index in [9.17, 15) is 9.59 Å². The van der Waals surface area contributed by atoms with Crippen LogP contribution in [0.4, 0.5) is 0 Å². The van der Waals surface area contributed by atoms with Gasteiger partial charge >= 0.3 is 11.9 Å². The first-order valence-corrected chi connectivity index (χ1v) is 3.90. The van der Waals surface area contributed by atoms with Crippen molar-refractivity contribution in [2.75, 3.05) is 0 Å². The average molecular weight is 171 g/mol. The van der Waals surface area contributed by atoms with Crippen LogP contribution in [0.3, 0.4) is 0 Å². The third kappa shape index (κ3) is 1.96. The van der Waals surface area contributed by atoms with Crippen LogP contribution in [-0.4, -0.2) is 22.2 Å². The van der Waals surface area contributed by atoms with Gasteiger partial charge in [-0.2, -0.15) is 0 Å². The number of hydrogen-bond donors (Lipinski definition) is 2. The summed E-state index contributed by atoms with van der Waals surface area (Å²) in [6.45, 7) is 0. The Labute approximate surface area is 70.2 Å². The summed E-state index contributed by atoms with van der Waals surface area (Å²) in [5.41, 5.74) is 0. The molecule has 0 bridgehead atoms. The van der Waals surface area contributed by atoms with Crippen molar-refractivity contribution in [3.8, 4) is 0 Å². The molecule has 1 saturated carbocycles. The summed E-state index contributed by atoms with van der Waals surface area (Å²) in [5.74, 6) is -2.84. The number of carboxylic acids is 2. The van der Waals surface area contributed by atoms with Crippen molar-refractivity contribution in [3.63, 3.8) is 0 Å². The Balaban J connectivity index is 2.51. The van der Waals surface area contributed by atoms with E-state index in [0.29, 0.717) is 12.8 Å². The molecule has 4 heteroatoms. The number of hydrogen-bond acceptors (Lipinski definition) is 2. The van der Waals surface area contributed by atoms with E-state index in [2.05, 4.69) is 0 Å². The molecule has 0 aromatic rings. The monoisotopic (exact) mass is 171 g/mol. The predicted molar refractivity (Wildman–Crippen MR) is 40.4 cm³/mol. The molecule has 1 radical (unpaired) electrons. The standard InChI is InChI=1S/C8H11O4/c9-7(10)5-2-1-3-6(4-5)8(11)12/h2,5-6H,1,3-4H2,(H,9,10)(H,11,12). The van der Waals surface area contributed by atoms with Gasteiger partial charge in [-0.1, -0.05) is 0 Å². The van der Waals surface area contributed by atoms with Crippen LogP contribution in [0.5, 0.6) is 0 Å². The summed E-state index contributed by atoms with van der Waals surface area (Å²) < 4.78 is 0. The Kier molecular flexibility index (Phi) is 2.68. The van der Waals surface area contributed by atoms with Crippen LogP contribution in [0.2, 0.25) is 0 Å². The van der Waals surface area contributed by atoms with E-state index in [0.717, 1.165) is 0 Å². The highest BCUT2D eigenvalue weighted by molar-refractivity contribution is 5.75. The lowest BCUT2D eigenvalue weighted by Gasteiger charge is -2.22. The Morgan fingerprint density at radius 3 is 2.42 bits per heavy atom. The van der Waals surface area contributed by atoms with Gasteiger partial charge in [0.2, 0.25) is 0 Å². The smallest absolute Gasteiger partial charge is 0.306 e. The van der Waals surface area contributed by atoms with E-state index < -0.39 is 23.8 Å². The Hall–Kier alpha value is -1.06. The molecule has 0 amide bonds. The molecule has 67 valence electrons. The van der Waals surface area contributed by atoms with Crippen LogP contribution in [0.25, 0.3) is 0 Å². The number of aliphatic carboxylic acids is 2. The summed E-state index contributed by atoms with van der Waals surface area (Å²) in [6, 6.07) is 0. The second-order valence-electron chi connectivity index (χ2n) is 3.03. The maximum absolute atomic E-state index is 10.5. The molecule has 0 aromatic heterocycles. The van der Waals surface area contributed by atoms with Crippen LogP contribution in [0.15, 0.2) is 0 Å². The van der Waals surface area contributed by atoms with Crippen LogP contribution < -0.4 is 0 Å². The van der Waals surface area contributed by atoms with E-state index in [1.54, 1.807) is 6.42 Å². The molecule has 1 rings (SSSR count). The average Bonchev–Trinajstić information content (AvgIpc) is 2.04. The first kappa shape index (κ1) is 9.03. The van der Waals surface area contributed by atoms with Gasteiger partial charge in [-0.25, -0.2) is 0 Å². The first-order valence-electron chi connectivity index (χ1n) is 3.90. The van der Waals surface area contributed by atoms with Gasteiger partial charge in [0.1, 0.15) is 0 Å². The zero-order valence-electron chi connectivity index (χ0n) is 6.56. The van der Waals surface area contributed by atoms with Crippen LogP contribution >= 0.6 is 0 Å². The summed E-state index contributed by atoms with van der Waals surface area (Å²) in [5, 5.41) is 17.2. The molecule has 12 heavy (non-hydrogen) atoms. The van der Waals surface area contributed by atoms with Gasteiger partial charge in [-0.3, -0.25) is 9.59 Å². The Morgan fingerprint density at radius 1 is 1.25 bits per heavy atom. The topological polar surface area (TPSA) is 74.6 Å². The van der Waals surface area contributed by atoms with Crippen molar-refractivity contribution < 1.29 is 19.8 Å². The Morgan fingerprint density at radius 2 is 1.92 bits per heavy atom. The van der Waals surface area contributed by atoms with Crippen LogP contribution in [0, 0.1) is 18.3 Å². The predicted octanol–water partition coefficient (Wildman–Crippen LogP) is 0.776. The van der Waals surface area contributed by atoms with E-state index in [4.69, 9.17) is 10.2 Å². The maximum Gasteiger partial charge on any atom is 0.306 e. The maximum atomic E-state index is 10.5. The minimum atomic E-state index is -0.916. The largest absolute Gasteiger partial charge is 0.481 e. The molecular formula is C8H11O4. The number of rotatable bonds is 2. The van der Waals surface area contributed by atoms with E-state index in [-0.39, 0.29) is 6.42 Å². The quantitative estimate of drug-likeness (QED) is 0.643. The number of carbonyl (C=O) groups is 2. The lowest BCUT2D eigenvalue weighted by molar-refractivity contribution is -0.146. The summed E-state index contributed by atoms with van der Waals surface area (Å²) in [6.07, 6.45) is 3.08. The molecule has 4 nitrogen and oxygen atoms in total. The normalized spacial score (nSPS) is 29.7. The van der Waals surface area contributed by atoms with Crippen molar-refractivity contribution in [2.24, 2.45) is 11.8 Å². The third-order valence-electron chi connectivity index (χ3n) is 2.17. The zero-order valence-corrected chi connectivity index (χ0v) is 6.56. The highest BCUT2D eigenvalue weighted by Gasteiger charge is 2.30. The zero-order chi connectivity index (χ0) is 9.14. The van der Waals surface area contributed by atoms with Crippen LogP contribution in [-0.2, 0) is 9.59 Å². The second kappa shape index (κ2) is 3.56. The minimum Gasteiger partial charge on any atom is -0.481 e. The minimum absolute atomic E-state index is 0.241. The van der Waals surface area contributed by atoms with Gasteiger partial charge in [0.25, 0.3) is 0 Å². The highest BCUT2D eigenvalue weighted by atomic mass is 16.4. The third-order valence-corrected chi connectivity index (χ3v) is 2.17. The summed E-state index contributed by atoms with van der Waals surface area (Å²) in [7, 11) is 0. The molecule has 1 aliphatic rings. The lowest BCUT2D eigenvalue weighted by Crippen LogP contribution is -2.27. The molecule has 0 aliphatic heterocycles. The van der Waals surface area contributed by atoms with Gasteiger partial charge in [0.05, 0.1) is 11.8 Å². The Bertz CT molecular complexity index is 179. The second-order valence-corrected chi connectivity index (χ2v) is 3.03. The molecule has 0 spiro atoms. The van der Waals surface area contributed by atoms with Crippen molar-refractivity contribution >= 4 is 11.9 Å². The molecule has 0 heterocycles. The molecule has 2 unspecified atom stereocenters. The lowest BCUT2D eigenvalue weighted by atomic mass is 9.81. The van der Waals surface area contributed by atoms with Gasteiger partial charge in [-0.05, 0) is 25.7 Å². The SMILES string of the molecule is O=C(O)C1[CH]CCC(C(=O)O)C1. The van der Waals surface area contributed by atoms with Crippen molar-refractivity contribution in [2.45, 2.75) is 19.3 Å². The van der Waals surface area contributed by atoms with Crippen molar-refractivity contribution in [1.82, 2.24) is 0 Å². The fourth-order valence-corrected chi connectivity index (χ4v) is 1.45. The fourth-order valence-electron chi connectivity index (χ4n) is 1.45. The summed E-state index contributed by atoms with van der Waals surface area (Å²) >= 11 is 0. The van der Waals surface area contributed by atoms with Gasteiger partial charge in [0, 0.05) is 0 Å². The first-order chi connectivity index (χ1) is 5.61. The van der Waals surface area contributed by atoms with E-state index in [1.165, 1.54) is 0 Å². The molecular weight excluding hydrogens is 160 g/mol. The fraction of sp³-hybridized carbons (Fsp3) is 0.625. The van der Waals surface area contributed by atoms with Gasteiger partial charge in [-0.15, -0.1) is 0 Å². The molecule has 2 N–H and O–H groups in total. The van der Waals surface area contributed by atoms with Gasteiger partial charge < -0.3 is 10.2 Å². The highest BCUT2D eigenvalue weighted by Crippen LogP contribution is 2.28. The molecule has 0 saturated heterocycles. The van der Waals surface area contributed by atoms with Crippen molar-refractivity contribution in [1.29, 1.82) is 0 Å². The number of carboxylic acid groups (broad SMARTS) is 2. The molecule has 0 aromatic carbocycles. The van der Waals surface area contributed by atoms with E-state index >= 15 is 0 Å². The molecule has 1 aliphatic carbocycles. The van der Waals surface area contributed by atoms with Crippen molar-refractivity contribution in [3.05, 3.63) is 6.42 Å². The molecule has 1 fully saturated rings. The van der Waals surface area contributed by atoms with E-state index in [1.807, 2.05) is 0 Å².